The van der Waals surface area contributed by atoms with E-state index in [1.54, 1.807) is 13.0 Å². The van der Waals surface area contributed by atoms with Gasteiger partial charge in [-0.2, -0.15) is 0 Å². The first-order valence-electron chi connectivity index (χ1n) is 3.70. The van der Waals surface area contributed by atoms with Crippen molar-refractivity contribution in [3.63, 3.8) is 0 Å². The van der Waals surface area contributed by atoms with Gasteiger partial charge < -0.3 is 10.5 Å². The van der Waals surface area contributed by atoms with Crippen LogP contribution in [-0.2, 0) is 9.53 Å². The molecule has 0 radical (unpaired) electrons. The summed E-state index contributed by atoms with van der Waals surface area (Å²) in [5.74, 6) is -0.272. The quantitative estimate of drug-likeness (QED) is 0.625. The Morgan fingerprint density at radius 2 is 2.07 bits per heavy atom. The van der Waals surface area contributed by atoms with Crippen molar-refractivity contribution in [1.29, 1.82) is 0 Å². The van der Waals surface area contributed by atoms with Crippen LogP contribution in [0.2, 0.25) is 0 Å². The van der Waals surface area contributed by atoms with Gasteiger partial charge in [-0.05, 0) is 40.5 Å². The minimum absolute atomic E-state index is 0.272. The zero-order valence-corrected chi connectivity index (χ0v) is 9.47. The second-order valence-electron chi connectivity index (χ2n) is 2.45. The van der Waals surface area contributed by atoms with Gasteiger partial charge in [0, 0.05) is 5.69 Å². The second-order valence-corrected chi connectivity index (χ2v) is 3.31. The zero-order valence-electron chi connectivity index (χ0n) is 7.88. The number of methoxy groups -OCH3 is 1. The summed E-state index contributed by atoms with van der Waals surface area (Å²) >= 11 is 3.03. The van der Waals surface area contributed by atoms with Crippen LogP contribution in [0.25, 0.3) is 0 Å². The molecule has 0 bridgehead atoms. The summed E-state index contributed by atoms with van der Waals surface area (Å²) in [5, 5.41) is 0. The fourth-order valence-corrected chi connectivity index (χ4v) is 1.02. The number of carbonyl (C=O) groups excluding carboxylic acids is 1. The predicted octanol–water partition coefficient (Wildman–Crippen LogP) is 2.27. The number of hydrogen-bond acceptors (Lipinski definition) is 3. The van der Waals surface area contributed by atoms with Crippen LogP contribution in [0.5, 0.6) is 0 Å². The van der Waals surface area contributed by atoms with Crippen molar-refractivity contribution in [3.8, 4) is 0 Å². The number of halogens is 2. The maximum Gasteiger partial charge on any atom is 0.292 e. The first kappa shape index (κ1) is 12.9. The summed E-state index contributed by atoms with van der Waals surface area (Å²) in [6, 6.07) is 2.96. The van der Waals surface area contributed by atoms with Gasteiger partial charge in [0.25, 0.3) is 6.47 Å². The largest absolute Gasteiger partial charge is 0.471 e. The van der Waals surface area contributed by atoms with Gasteiger partial charge in [0.15, 0.2) is 0 Å². The Morgan fingerprint density at radius 3 is 2.43 bits per heavy atom. The summed E-state index contributed by atoms with van der Waals surface area (Å²) in [7, 11) is 1.31. The normalized spacial score (nSPS) is 8.57. The first-order valence-corrected chi connectivity index (χ1v) is 4.49. The predicted molar refractivity (Wildman–Crippen MR) is 56.3 cm³/mol. The molecule has 78 valence electrons. The number of carbonyl (C=O) groups is 1. The number of anilines is 1. The van der Waals surface area contributed by atoms with Crippen LogP contribution >= 0.6 is 15.9 Å². The van der Waals surface area contributed by atoms with Crippen LogP contribution in [0.1, 0.15) is 5.56 Å². The summed E-state index contributed by atoms with van der Waals surface area (Å²) in [6.07, 6.45) is 0. The van der Waals surface area contributed by atoms with E-state index in [0.29, 0.717) is 16.6 Å². The number of rotatable bonds is 1. The van der Waals surface area contributed by atoms with Crippen molar-refractivity contribution >= 4 is 28.1 Å². The monoisotopic (exact) mass is 263 g/mol. The highest BCUT2D eigenvalue weighted by Gasteiger charge is 2.00. The maximum atomic E-state index is 12.7. The highest BCUT2D eigenvalue weighted by Crippen LogP contribution is 2.21. The molecular formula is C9H11BrFNO2. The van der Waals surface area contributed by atoms with Crippen molar-refractivity contribution in [2.75, 3.05) is 12.8 Å². The van der Waals surface area contributed by atoms with E-state index >= 15 is 0 Å². The Hall–Kier alpha value is -1.10. The zero-order chi connectivity index (χ0) is 11.1. The van der Waals surface area contributed by atoms with E-state index in [9.17, 15) is 4.39 Å². The molecule has 0 aliphatic carbocycles. The lowest BCUT2D eigenvalue weighted by molar-refractivity contribution is -0.126. The molecule has 5 heteroatoms. The van der Waals surface area contributed by atoms with E-state index in [-0.39, 0.29) is 5.82 Å². The van der Waals surface area contributed by atoms with Crippen molar-refractivity contribution < 1.29 is 13.9 Å². The summed E-state index contributed by atoms with van der Waals surface area (Å²) < 4.78 is 16.9. The number of benzene rings is 1. The van der Waals surface area contributed by atoms with Crippen LogP contribution in [0.15, 0.2) is 16.6 Å². The lowest BCUT2D eigenvalue weighted by Gasteiger charge is -2.00. The lowest BCUT2D eigenvalue weighted by atomic mass is 10.2. The molecule has 0 fully saturated rings. The van der Waals surface area contributed by atoms with Gasteiger partial charge in [-0.1, -0.05) is 0 Å². The van der Waals surface area contributed by atoms with Crippen LogP contribution in [0, 0.1) is 12.7 Å². The van der Waals surface area contributed by atoms with Crippen molar-refractivity contribution in [3.05, 3.63) is 28.0 Å². The lowest BCUT2D eigenvalue weighted by Crippen LogP contribution is -1.90. The molecule has 0 atom stereocenters. The van der Waals surface area contributed by atoms with Crippen LogP contribution < -0.4 is 5.73 Å². The molecule has 0 unspecified atom stereocenters. The Labute approximate surface area is 90.2 Å². The molecule has 0 saturated heterocycles. The fraction of sp³-hybridized carbons (Fsp3) is 0.222. The van der Waals surface area contributed by atoms with Crippen LogP contribution in [-0.4, -0.2) is 13.6 Å². The SMILES string of the molecule is COC=O.Cc1cc(F)c(Br)cc1N. The first-order chi connectivity index (χ1) is 6.52. The highest BCUT2D eigenvalue weighted by molar-refractivity contribution is 9.10. The second kappa shape index (κ2) is 6.37. The van der Waals surface area contributed by atoms with Gasteiger partial charge in [-0.25, -0.2) is 4.39 Å². The van der Waals surface area contributed by atoms with E-state index in [0.717, 1.165) is 5.56 Å². The molecule has 3 nitrogen and oxygen atoms in total. The molecule has 0 saturated carbocycles. The Balaban J connectivity index is 0.000000364. The topological polar surface area (TPSA) is 52.3 Å². The number of aryl methyl sites for hydroxylation is 1. The number of ether oxygens (including phenoxy) is 1. The highest BCUT2D eigenvalue weighted by atomic mass is 79.9. The Bertz CT molecular complexity index is 268. The number of nitrogens with two attached hydrogens (primary N) is 1. The Morgan fingerprint density at radius 1 is 1.57 bits per heavy atom. The molecule has 0 amide bonds. The number of hydrogen-bond donors (Lipinski definition) is 1. The molecule has 1 aromatic carbocycles. The third kappa shape index (κ3) is 4.23. The maximum absolute atomic E-state index is 12.7. The molecule has 1 aromatic rings. The third-order valence-corrected chi connectivity index (χ3v) is 2.01. The fourth-order valence-electron chi connectivity index (χ4n) is 0.662. The van der Waals surface area contributed by atoms with E-state index in [4.69, 9.17) is 10.5 Å². The van der Waals surface area contributed by atoms with Gasteiger partial charge in [-0.3, -0.25) is 4.79 Å². The standard InChI is InChI=1S/C7H7BrFN.C2H4O2/c1-4-2-6(9)5(8)3-7(4)10;1-4-2-3/h2-3H,10H2,1H3;2H,1H3. The molecule has 14 heavy (non-hydrogen) atoms. The summed E-state index contributed by atoms with van der Waals surface area (Å²) in [4.78, 5) is 8.95. The third-order valence-electron chi connectivity index (χ3n) is 1.41. The number of nitrogen functional groups attached to an aromatic ring is 1. The smallest absolute Gasteiger partial charge is 0.292 e. The molecule has 2 N–H and O–H groups in total. The average molecular weight is 264 g/mol. The summed E-state index contributed by atoms with van der Waals surface area (Å²) in [6.45, 7) is 2.14. The van der Waals surface area contributed by atoms with Crippen LogP contribution in [0.3, 0.4) is 0 Å². The molecule has 0 aliphatic heterocycles. The van der Waals surface area contributed by atoms with Crippen LogP contribution in [0.4, 0.5) is 10.1 Å². The van der Waals surface area contributed by atoms with E-state index in [1.807, 2.05) is 0 Å². The molecular weight excluding hydrogens is 253 g/mol. The van der Waals surface area contributed by atoms with E-state index in [1.165, 1.54) is 13.2 Å². The molecule has 0 aromatic heterocycles. The van der Waals surface area contributed by atoms with Gasteiger partial charge in [0.05, 0.1) is 11.6 Å². The minimum atomic E-state index is -0.272. The molecule has 0 spiro atoms. The van der Waals surface area contributed by atoms with Gasteiger partial charge in [0.1, 0.15) is 5.82 Å². The van der Waals surface area contributed by atoms with Gasteiger partial charge in [0.2, 0.25) is 0 Å². The van der Waals surface area contributed by atoms with Crippen molar-refractivity contribution in [2.24, 2.45) is 0 Å². The summed E-state index contributed by atoms with van der Waals surface area (Å²) in [5.41, 5.74) is 6.86. The minimum Gasteiger partial charge on any atom is -0.471 e. The van der Waals surface area contributed by atoms with E-state index < -0.39 is 0 Å². The van der Waals surface area contributed by atoms with Crippen molar-refractivity contribution in [1.82, 2.24) is 0 Å². The molecule has 0 aliphatic rings. The van der Waals surface area contributed by atoms with Gasteiger partial charge >= 0.3 is 0 Å². The Kier molecular flexibility index (Phi) is 5.87. The van der Waals surface area contributed by atoms with Crippen molar-refractivity contribution in [2.45, 2.75) is 6.92 Å². The molecule has 1 rings (SSSR count). The van der Waals surface area contributed by atoms with Gasteiger partial charge in [-0.15, -0.1) is 0 Å². The van der Waals surface area contributed by atoms with E-state index in [2.05, 4.69) is 20.7 Å². The molecule has 0 heterocycles. The average Bonchev–Trinajstić information content (AvgIpc) is 2.15.